The number of hydrogen-bond acceptors (Lipinski definition) is 3. The monoisotopic (exact) mass is 345 g/mol. The molecule has 19 heavy (non-hydrogen) atoms. The van der Waals surface area contributed by atoms with Gasteiger partial charge in [-0.15, -0.1) is 0 Å². The summed E-state index contributed by atoms with van der Waals surface area (Å²) in [5.41, 5.74) is 1.16. The highest BCUT2D eigenvalue weighted by Gasteiger charge is 2.33. The van der Waals surface area contributed by atoms with Gasteiger partial charge in [-0.05, 0) is 24.6 Å². The predicted octanol–water partition coefficient (Wildman–Crippen LogP) is 3.28. The molecule has 0 radical (unpaired) electrons. The first-order chi connectivity index (χ1) is 8.88. The van der Waals surface area contributed by atoms with Crippen molar-refractivity contribution in [3.63, 3.8) is 0 Å². The first-order valence-electron chi connectivity index (χ1n) is 5.81. The van der Waals surface area contributed by atoms with Crippen LogP contribution in [0.5, 0.6) is 0 Å². The van der Waals surface area contributed by atoms with E-state index in [1.165, 1.54) is 17.9 Å². The highest BCUT2D eigenvalue weighted by molar-refractivity contribution is 9.10. The molecule has 102 valence electrons. The number of rotatable bonds is 2. The minimum atomic E-state index is -0.431. The Morgan fingerprint density at radius 2 is 2.21 bits per heavy atom. The van der Waals surface area contributed by atoms with Crippen LogP contribution in [0.3, 0.4) is 0 Å². The maximum absolute atomic E-state index is 13.9. The van der Waals surface area contributed by atoms with E-state index in [-0.39, 0.29) is 28.4 Å². The molecule has 0 aromatic heterocycles. The number of nitrogens with zero attached hydrogens (tertiary/aromatic N) is 1. The van der Waals surface area contributed by atoms with E-state index in [1.54, 1.807) is 6.07 Å². The summed E-state index contributed by atoms with van der Waals surface area (Å²) in [6.07, 6.45) is 0.277. The van der Waals surface area contributed by atoms with E-state index in [4.69, 9.17) is 0 Å². The lowest BCUT2D eigenvalue weighted by Gasteiger charge is -2.18. The molecular formula is C13H13BrFNO2S. The number of hydrogen-bond donors (Lipinski definition) is 0. The number of aryl methyl sites for hydroxylation is 1. The summed E-state index contributed by atoms with van der Waals surface area (Å²) < 4.78 is 14.6. The molecule has 1 atom stereocenters. The van der Waals surface area contributed by atoms with Gasteiger partial charge in [-0.2, -0.15) is 0 Å². The molecule has 1 aromatic rings. The standard InChI is InChI=1S/C13H13BrFNO2S/c1-7-3-12(11(15)5-10(7)14)16-6-9(4-13(16)18)19-8(2)17/h3,5,9H,4,6H2,1-2H3. The fourth-order valence-corrected chi connectivity index (χ4v) is 3.30. The zero-order valence-corrected chi connectivity index (χ0v) is 13.0. The Morgan fingerprint density at radius 1 is 1.53 bits per heavy atom. The van der Waals surface area contributed by atoms with Crippen LogP contribution in [-0.2, 0) is 9.59 Å². The van der Waals surface area contributed by atoms with E-state index in [0.717, 1.165) is 17.3 Å². The second-order valence-electron chi connectivity index (χ2n) is 4.49. The largest absolute Gasteiger partial charge is 0.308 e. The summed E-state index contributed by atoms with van der Waals surface area (Å²) in [5.74, 6) is -0.571. The van der Waals surface area contributed by atoms with Gasteiger partial charge in [0, 0.05) is 29.6 Å². The summed E-state index contributed by atoms with van der Waals surface area (Å²) >= 11 is 4.40. The van der Waals surface area contributed by atoms with Crippen LogP contribution in [-0.4, -0.2) is 22.8 Å². The first kappa shape index (κ1) is 14.5. The van der Waals surface area contributed by atoms with Crippen LogP contribution >= 0.6 is 27.7 Å². The van der Waals surface area contributed by atoms with Crippen molar-refractivity contribution in [3.8, 4) is 0 Å². The Hall–Kier alpha value is -0.880. The Balaban J connectivity index is 2.25. The Bertz CT molecular complexity index is 550. The summed E-state index contributed by atoms with van der Waals surface area (Å²) in [5, 5.41) is -0.111. The van der Waals surface area contributed by atoms with Gasteiger partial charge < -0.3 is 4.90 Å². The summed E-state index contributed by atoms with van der Waals surface area (Å²) in [6.45, 7) is 3.69. The molecule has 1 aromatic carbocycles. The van der Waals surface area contributed by atoms with Crippen molar-refractivity contribution in [2.24, 2.45) is 0 Å². The Kier molecular flexibility index (Phi) is 4.30. The van der Waals surface area contributed by atoms with Crippen molar-refractivity contribution < 1.29 is 14.0 Å². The van der Waals surface area contributed by atoms with Crippen LogP contribution in [0.15, 0.2) is 16.6 Å². The van der Waals surface area contributed by atoms with E-state index in [2.05, 4.69) is 15.9 Å². The highest BCUT2D eigenvalue weighted by atomic mass is 79.9. The van der Waals surface area contributed by atoms with E-state index in [1.807, 2.05) is 6.92 Å². The van der Waals surface area contributed by atoms with Gasteiger partial charge in [0.05, 0.1) is 5.69 Å². The van der Waals surface area contributed by atoms with Crippen molar-refractivity contribution in [1.29, 1.82) is 0 Å². The van der Waals surface area contributed by atoms with Gasteiger partial charge in [-0.3, -0.25) is 9.59 Å². The van der Waals surface area contributed by atoms with Gasteiger partial charge in [0.2, 0.25) is 5.91 Å². The number of anilines is 1. The van der Waals surface area contributed by atoms with Gasteiger partial charge in [-0.25, -0.2) is 4.39 Å². The average Bonchev–Trinajstić information content (AvgIpc) is 2.63. The third-order valence-corrected chi connectivity index (χ3v) is 4.78. The van der Waals surface area contributed by atoms with E-state index in [9.17, 15) is 14.0 Å². The molecule has 3 nitrogen and oxygen atoms in total. The van der Waals surface area contributed by atoms with Gasteiger partial charge in [0.1, 0.15) is 5.82 Å². The molecule has 0 saturated carbocycles. The molecule has 1 unspecified atom stereocenters. The molecule has 1 fully saturated rings. The molecular weight excluding hydrogens is 333 g/mol. The molecule has 0 bridgehead atoms. The van der Waals surface area contributed by atoms with Crippen LogP contribution in [0.1, 0.15) is 18.9 Å². The normalized spacial score (nSPS) is 19.1. The zero-order chi connectivity index (χ0) is 14.2. The van der Waals surface area contributed by atoms with Crippen LogP contribution in [0.2, 0.25) is 0 Å². The third kappa shape index (κ3) is 3.17. The number of benzene rings is 1. The molecule has 1 aliphatic heterocycles. The minimum absolute atomic E-state index is 0.0212. The van der Waals surface area contributed by atoms with E-state index < -0.39 is 5.82 Å². The molecule has 0 spiro atoms. The lowest BCUT2D eigenvalue weighted by atomic mass is 10.2. The van der Waals surface area contributed by atoms with Crippen LogP contribution < -0.4 is 4.90 Å². The summed E-state index contributed by atoms with van der Waals surface area (Å²) in [4.78, 5) is 24.4. The van der Waals surface area contributed by atoms with Gasteiger partial charge in [0.15, 0.2) is 5.12 Å². The molecule has 0 N–H and O–H groups in total. The van der Waals surface area contributed by atoms with Crippen molar-refractivity contribution in [3.05, 3.63) is 28.0 Å². The number of carbonyl (C=O) groups excluding carboxylic acids is 2. The molecule has 0 aliphatic carbocycles. The van der Waals surface area contributed by atoms with Crippen molar-refractivity contribution >= 4 is 44.4 Å². The number of thioether (sulfide) groups is 1. The lowest BCUT2D eigenvalue weighted by molar-refractivity contribution is -0.117. The van der Waals surface area contributed by atoms with Crippen molar-refractivity contribution in [2.45, 2.75) is 25.5 Å². The zero-order valence-electron chi connectivity index (χ0n) is 10.6. The van der Waals surface area contributed by atoms with E-state index >= 15 is 0 Å². The lowest BCUT2D eigenvalue weighted by Crippen LogP contribution is -2.26. The first-order valence-corrected chi connectivity index (χ1v) is 7.49. The highest BCUT2D eigenvalue weighted by Crippen LogP contribution is 2.32. The Morgan fingerprint density at radius 3 is 2.84 bits per heavy atom. The fraction of sp³-hybridized carbons (Fsp3) is 0.385. The third-order valence-electron chi connectivity index (χ3n) is 2.94. The minimum Gasteiger partial charge on any atom is -0.308 e. The van der Waals surface area contributed by atoms with Gasteiger partial charge in [-0.1, -0.05) is 27.7 Å². The smallest absolute Gasteiger partial charge is 0.228 e. The quantitative estimate of drug-likeness (QED) is 0.825. The number of halogens is 2. The molecule has 1 amide bonds. The molecule has 2 rings (SSSR count). The second kappa shape index (κ2) is 5.63. The van der Waals surface area contributed by atoms with E-state index in [0.29, 0.717) is 11.0 Å². The summed E-state index contributed by atoms with van der Waals surface area (Å²) in [7, 11) is 0. The second-order valence-corrected chi connectivity index (χ2v) is 6.82. The predicted molar refractivity (Wildman–Crippen MR) is 77.9 cm³/mol. The maximum Gasteiger partial charge on any atom is 0.228 e. The fourth-order valence-electron chi connectivity index (χ4n) is 2.07. The number of carbonyl (C=O) groups is 2. The van der Waals surface area contributed by atoms with Crippen LogP contribution in [0.25, 0.3) is 0 Å². The maximum atomic E-state index is 13.9. The van der Waals surface area contributed by atoms with Gasteiger partial charge >= 0.3 is 0 Å². The molecule has 1 aliphatic rings. The van der Waals surface area contributed by atoms with Crippen molar-refractivity contribution in [1.82, 2.24) is 0 Å². The SMILES string of the molecule is CC(=O)SC1CC(=O)N(c2cc(C)c(Br)cc2F)C1. The molecule has 1 saturated heterocycles. The topological polar surface area (TPSA) is 37.4 Å². The average molecular weight is 346 g/mol. The number of amides is 1. The van der Waals surface area contributed by atoms with Gasteiger partial charge in [0.25, 0.3) is 0 Å². The van der Waals surface area contributed by atoms with Crippen molar-refractivity contribution in [2.75, 3.05) is 11.4 Å². The summed E-state index contributed by atoms with van der Waals surface area (Å²) in [6, 6.07) is 3.02. The molecule has 6 heteroatoms. The van der Waals surface area contributed by atoms with Crippen LogP contribution in [0, 0.1) is 12.7 Å². The van der Waals surface area contributed by atoms with Crippen LogP contribution in [0.4, 0.5) is 10.1 Å². The molecule has 1 heterocycles. The Labute approximate surface area is 123 Å².